The highest BCUT2D eigenvalue weighted by molar-refractivity contribution is 7.99. The number of aryl methyl sites for hydroxylation is 2. The van der Waals surface area contributed by atoms with Crippen LogP contribution in [0.2, 0.25) is 0 Å². The Morgan fingerprint density at radius 3 is 2.54 bits per heavy atom. The molecule has 0 bridgehead atoms. The SMILES string of the molecule is Cc1cc(C)nc(SCC2=CC3=CC(=O)C(C)(O)C(=O)C3=CO2)n1. The Morgan fingerprint density at radius 1 is 1.21 bits per heavy atom. The van der Waals surface area contributed by atoms with Crippen molar-refractivity contribution in [1.29, 1.82) is 0 Å². The molecular weight excluding hydrogens is 328 g/mol. The second kappa shape index (κ2) is 5.99. The summed E-state index contributed by atoms with van der Waals surface area (Å²) in [5.74, 6) is -0.226. The molecule has 0 fully saturated rings. The first-order valence-corrected chi connectivity index (χ1v) is 8.32. The van der Waals surface area contributed by atoms with E-state index in [1.54, 1.807) is 6.08 Å². The molecule has 0 spiro atoms. The summed E-state index contributed by atoms with van der Waals surface area (Å²) in [6, 6.07) is 1.89. The molecule has 1 aliphatic heterocycles. The maximum absolute atomic E-state index is 12.1. The molecule has 0 saturated heterocycles. The van der Waals surface area contributed by atoms with E-state index in [1.807, 2.05) is 19.9 Å². The van der Waals surface area contributed by atoms with Crippen LogP contribution in [0.1, 0.15) is 18.3 Å². The van der Waals surface area contributed by atoms with E-state index < -0.39 is 17.2 Å². The molecule has 2 aliphatic rings. The third kappa shape index (κ3) is 3.05. The smallest absolute Gasteiger partial charge is 0.205 e. The van der Waals surface area contributed by atoms with Gasteiger partial charge in [-0.1, -0.05) is 11.8 Å². The predicted octanol–water partition coefficient (Wildman–Crippen LogP) is 1.81. The van der Waals surface area contributed by atoms with Crippen molar-refractivity contribution in [2.24, 2.45) is 0 Å². The minimum absolute atomic E-state index is 0.205. The van der Waals surface area contributed by atoms with Gasteiger partial charge in [0.25, 0.3) is 0 Å². The van der Waals surface area contributed by atoms with Crippen LogP contribution in [-0.4, -0.2) is 38.0 Å². The molecule has 0 aromatic carbocycles. The first-order valence-electron chi connectivity index (χ1n) is 7.33. The van der Waals surface area contributed by atoms with E-state index >= 15 is 0 Å². The number of Topliss-reactive ketones (excluding diaryl/α,β-unsaturated/α-hetero) is 1. The first-order chi connectivity index (χ1) is 11.3. The third-order valence-corrected chi connectivity index (χ3v) is 4.58. The van der Waals surface area contributed by atoms with Gasteiger partial charge in [-0.2, -0.15) is 0 Å². The van der Waals surface area contributed by atoms with Gasteiger partial charge in [0.1, 0.15) is 12.0 Å². The standard InChI is InChI=1S/C17H16N2O4S/c1-9-4-10(2)19-16(18-9)24-8-12-5-11-6-14(20)17(3,22)15(21)13(11)7-23-12/h4-7,22H,8H2,1-3H3. The topological polar surface area (TPSA) is 89.4 Å². The first kappa shape index (κ1) is 16.6. The Hall–Kier alpha value is -2.25. The van der Waals surface area contributed by atoms with Crippen LogP contribution in [-0.2, 0) is 14.3 Å². The summed E-state index contributed by atoms with van der Waals surface area (Å²) in [6.45, 7) is 5.00. The second-order valence-electron chi connectivity index (χ2n) is 5.85. The van der Waals surface area contributed by atoms with E-state index in [0.717, 1.165) is 11.4 Å². The van der Waals surface area contributed by atoms with Gasteiger partial charge < -0.3 is 9.84 Å². The van der Waals surface area contributed by atoms with Crippen LogP contribution >= 0.6 is 11.8 Å². The van der Waals surface area contributed by atoms with Crippen molar-refractivity contribution in [3.8, 4) is 0 Å². The van der Waals surface area contributed by atoms with Crippen LogP contribution in [0.5, 0.6) is 0 Å². The highest BCUT2D eigenvalue weighted by Gasteiger charge is 2.44. The largest absolute Gasteiger partial charge is 0.468 e. The minimum Gasteiger partial charge on any atom is -0.468 e. The van der Waals surface area contributed by atoms with Gasteiger partial charge in [0.05, 0.1) is 11.3 Å². The molecule has 24 heavy (non-hydrogen) atoms. The van der Waals surface area contributed by atoms with Crippen LogP contribution in [0, 0.1) is 13.8 Å². The minimum atomic E-state index is -2.02. The maximum Gasteiger partial charge on any atom is 0.205 e. The van der Waals surface area contributed by atoms with E-state index in [0.29, 0.717) is 22.2 Å². The molecule has 0 radical (unpaired) electrons. The van der Waals surface area contributed by atoms with Crippen molar-refractivity contribution < 1.29 is 19.4 Å². The molecule has 3 rings (SSSR count). The van der Waals surface area contributed by atoms with Crippen LogP contribution in [0.25, 0.3) is 0 Å². The Kier molecular flexibility index (Phi) is 4.15. The number of ether oxygens (including phenoxy) is 1. The zero-order chi connectivity index (χ0) is 17.5. The quantitative estimate of drug-likeness (QED) is 0.508. The van der Waals surface area contributed by atoms with Crippen molar-refractivity contribution >= 4 is 23.3 Å². The number of aromatic nitrogens is 2. The van der Waals surface area contributed by atoms with E-state index in [1.165, 1.54) is 31.0 Å². The van der Waals surface area contributed by atoms with Crippen molar-refractivity contribution in [3.63, 3.8) is 0 Å². The van der Waals surface area contributed by atoms with Gasteiger partial charge in [-0.15, -0.1) is 0 Å². The molecule has 7 heteroatoms. The predicted molar refractivity (Wildman–Crippen MR) is 88.2 cm³/mol. The van der Waals surface area contributed by atoms with Gasteiger partial charge in [-0.25, -0.2) is 9.97 Å². The average Bonchev–Trinajstić information content (AvgIpc) is 2.50. The van der Waals surface area contributed by atoms with Crippen molar-refractivity contribution in [2.75, 3.05) is 5.75 Å². The number of fused-ring (bicyclic) bond motifs is 1. The fourth-order valence-corrected chi connectivity index (χ4v) is 3.26. The Labute approximate surface area is 143 Å². The van der Waals surface area contributed by atoms with Crippen LogP contribution in [0.4, 0.5) is 0 Å². The molecule has 1 N–H and O–H groups in total. The molecule has 1 aliphatic carbocycles. The van der Waals surface area contributed by atoms with Gasteiger partial charge >= 0.3 is 0 Å². The number of hydrogen-bond donors (Lipinski definition) is 1. The molecule has 1 aromatic rings. The number of aliphatic hydroxyl groups is 1. The number of rotatable bonds is 3. The second-order valence-corrected chi connectivity index (χ2v) is 6.79. The number of nitrogens with zero attached hydrogens (tertiary/aromatic N) is 2. The van der Waals surface area contributed by atoms with Gasteiger partial charge in [-0.05, 0) is 44.6 Å². The zero-order valence-electron chi connectivity index (χ0n) is 13.5. The number of ketones is 2. The highest BCUT2D eigenvalue weighted by atomic mass is 32.2. The molecule has 6 nitrogen and oxygen atoms in total. The number of hydrogen-bond acceptors (Lipinski definition) is 7. The summed E-state index contributed by atoms with van der Waals surface area (Å²) in [6.07, 6.45) is 4.19. The number of carbonyl (C=O) groups is 2. The number of carbonyl (C=O) groups excluding carboxylic acids is 2. The van der Waals surface area contributed by atoms with Gasteiger partial charge in [-0.3, -0.25) is 9.59 Å². The van der Waals surface area contributed by atoms with Crippen molar-refractivity contribution in [1.82, 2.24) is 9.97 Å². The maximum atomic E-state index is 12.1. The van der Waals surface area contributed by atoms with Crippen LogP contribution in [0.15, 0.2) is 46.5 Å². The highest BCUT2D eigenvalue weighted by Crippen LogP contribution is 2.32. The van der Waals surface area contributed by atoms with E-state index in [2.05, 4.69) is 9.97 Å². The molecule has 0 saturated carbocycles. The molecular formula is C17H16N2O4S. The molecule has 2 heterocycles. The monoisotopic (exact) mass is 344 g/mol. The fourth-order valence-electron chi connectivity index (χ4n) is 2.42. The van der Waals surface area contributed by atoms with Gasteiger partial charge in [0, 0.05) is 11.4 Å². The summed E-state index contributed by atoms with van der Waals surface area (Å²) < 4.78 is 5.47. The lowest BCUT2D eigenvalue weighted by Crippen LogP contribution is -2.46. The van der Waals surface area contributed by atoms with E-state index in [4.69, 9.17) is 4.74 Å². The van der Waals surface area contributed by atoms with E-state index in [-0.39, 0.29) is 5.57 Å². The zero-order valence-corrected chi connectivity index (χ0v) is 14.3. The summed E-state index contributed by atoms with van der Waals surface area (Å²) in [5.41, 5.74) is 0.417. The van der Waals surface area contributed by atoms with Crippen LogP contribution in [0.3, 0.4) is 0 Å². The summed E-state index contributed by atoms with van der Waals surface area (Å²) in [5, 5.41) is 10.6. The Balaban J connectivity index is 1.78. The lowest BCUT2D eigenvalue weighted by atomic mass is 9.81. The molecule has 1 unspecified atom stereocenters. The number of thioether (sulfide) groups is 1. The van der Waals surface area contributed by atoms with Crippen molar-refractivity contribution in [3.05, 3.63) is 52.8 Å². The normalized spacial score (nSPS) is 23.1. The lowest BCUT2D eigenvalue weighted by Gasteiger charge is -2.27. The van der Waals surface area contributed by atoms with Gasteiger partial charge in [0.15, 0.2) is 16.5 Å². The molecule has 0 amide bonds. The van der Waals surface area contributed by atoms with Crippen molar-refractivity contribution in [2.45, 2.75) is 31.5 Å². The molecule has 1 atom stereocenters. The summed E-state index contributed by atoms with van der Waals surface area (Å²) >= 11 is 1.40. The average molecular weight is 344 g/mol. The molecule has 1 aromatic heterocycles. The molecule has 124 valence electrons. The number of allylic oxidation sites excluding steroid dienone is 2. The van der Waals surface area contributed by atoms with Crippen LogP contribution < -0.4 is 0 Å². The Morgan fingerprint density at radius 2 is 1.88 bits per heavy atom. The van der Waals surface area contributed by atoms with Gasteiger partial charge in [0.2, 0.25) is 5.78 Å². The summed E-state index contributed by atoms with van der Waals surface area (Å²) in [4.78, 5) is 32.7. The third-order valence-electron chi connectivity index (χ3n) is 3.71. The summed E-state index contributed by atoms with van der Waals surface area (Å²) in [7, 11) is 0. The Bertz CT molecular complexity index is 817. The fraction of sp³-hybridized carbons (Fsp3) is 0.294. The lowest BCUT2D eigenvalue weighted by molar-refractivity contribution is -0.144. The van der Waals surface area contributed by atoms with E-state index in [9.17, 15) is 14.7 Å².